The molecule has 1 spiro atoms. The van der Waals surface area contributed by atoms with Crippen molar-refractivity contribution in [3.63, 3.8) is 0 Å². The Bertz CT molecular complexity index is 702. The standard InChI is InChI=1S/C17H17NO2/c1-18-9-17(10-18)8-11-6-12(19)2-4-14(11)15-5-3-13(20)7-16(15)17/h2-7,19-20H,8-10H2,1H3. The lowest BCUT2D eigenvalue weighted by atomic mass is 9.63. The average molecular weight is 267 g/mol. The van der Waals surface area contributed by atoms with Crippen molar-refractivity contribution in [2.75, 3.05) is 20.1 Å². The van der Waals surface area contributed by atoms with Crippen LogP contribution in [0.15, 0.2) is 36.4 Å². The molecule has 2 aromatic carbocycles. The fourth-order valence-corrected chi connectivity index (χ4v) is 3.92. The van der Waals surface area contributed by atoms with E-state index in [1.165, 1.54) is 22.3 Å². The van der Waals surface area contributed by atoms with Crippen molar-refractivity contribution in [2.24, 2.45) is 0 Å². The summed E-state index contributed by atoms with van der Waals surface area (Å²) in [5.74, 6) is 0.661. The third kappa shape index (κ3) is 1.50. The first kappa shape index (κ1) is 11.8. The zero-order valence-electron chi connectivity index (χ0n) is 11.4. The first-order chi connectivity index (χ1) is 9.57. The van der Waals surface area contributed by atoms with Gasteiger partial charge >= 0.3 is 0 Å². The second kappa shape index (κ2) is 3.76. The maximum atomic E-state index is 9.84. The van der Waals surface area contributed by atoms with Crippen molar-refractivity contribution in [3.8, 4) is 22.6 Å². The van der Waals surface area contributed by atoms with Gasteiger partial charge in [-0.2, -0.15) is 0 Å². The maximum Gasteiger partial charge on any atom is 0.115 e. The highest BCUT2D eigenvalue weighted by Gasteiger charge is 2.46. The molecule has 20 heavy (non-hydrogen) atoms. The highest BCUT2D eigenvalue weighted by molar-refractivity contribution is 5.77. The smallest absolute Gasteiger partial charge is 0.115 e. The van der Waals surface area contributed by atoms with Gasteiger partial charge in [0.25, 0.3) is 0 Å². The van der Waals surface area contributed by atoms with Crippen LogP contribution in [0.4, 0.5) is 0 Å². The lowest BCUT2D eigenvalue weighted by Gasteiger charge is -2.52. The Labute approximate surface area is 118 Å². The summed E-state index contributed by atoms with van der Waals surface area (Å²) in [6, 6.07) is 11.3. The Balaban J connectivity index is 1.96. The van der Waals surface area contributed by atoms with Crippen LogP contribution in [-0.2, 0) is 11.8 Å². The third-order valence-electron chi connectivity index (χ3n) is 4.63. The summed E-state index contributed by atoms with van der Waals surface area (Å²) in [5, 5.41) is 19.6. The van der Waals surface area contributed by atoms with Crippen LogP contribution in [0.5, 0.6) is 11.5 Å². The van der Waals surface area contributed by atoms with Crippen LogP contribution in [-0.4, -0.2) is 35.3 Å². The van der Waals surface area contributed by atoms with Gasteiger partial charge in [0.1, 0.15) is 11.5 Å². The van der Waals surface area contributed by atoms with Gasteiger partial charge in [0.05, 0.1) is 0 Å². The quantitative estimate of drug-likeness (QED) is 0.771. The molecule has 0 unspecified atom stereocenters. The summed E-state index contributed by atoms with van der Waals surface area (Å²) in [6.45, 7) is 2.00. The molecule has 1 heterocycles. The molecule has 0 atom stereocenters. The van der Waals surface area contributed by atoms with Gasteiger partial charge < -0.3 is 15.1 Å². The normalized spacial score (nSPS) is 19.2. The molecule has 1 aliphatic carbocycles. The van der Waals surface area contributed by atoms with E-state index in [4.69, 9.17) is 0 Å². The summed E-state index contributed by atoms with van der Waals surface area (Å²) in [5.41, 5.74) is 4.91. The van der Waals surface area contributed by atoms with Gasteiger partial charge in [0, 0.05) is 18.5 Å². The van der Waals surface area contributed by atoms with E-state index in [1.807, 2.05) is 24.3 Å². The van der Waals surface area contributed by atoms with Gasteiger partial charge in [0.15, 0.2) is 0 Å². The van der Waals surface area contributed by atoms with Crippen LogP contribution >= 0.6 is 0 Å². The molecule has 1 saturated heterocycles. The van der Waals surface area contributed by atoms with Gasteiger partial charge in [-0.1, -0.05) is 12.1 Å². The molecule has 4 rings (SSSR count). The van der Waals surface area contributed by atoms with Gasteiger partial charge in [-0.05, 0) is 60.0 Å². The Kier molecular flexibility index (Phi) is 2.22. The molecule has 0 aromatic heterocycles. The molecule has 1 aliphatic heterocycles. The van der Waals surface area contributed by atoms with Crippen molar-refractivity contribution >= 4 is 0 Å². The van der Waals surface area contributed by atoms with Crippen molar-refractivity contribution in [1.82, 2.24) is 4.90 Å². The molecule has 0 saturated carbocycles. The number of benzene rings is 2. The first-order valence-corrected chi connectivity index (χ1v) is 6.92. The number of phenolic OH excluding ortho intramolecular Hbond substituents is 2. The van der Waals surface area contributed by atoms with Crippen LogP contribution in [0.2, 0.25) is 0 Å². The summed E-state index contributed by atoms with van der Waals surface area (Å²) < 4.78 is 0. The number of hydrogen-bond donors (Lipinski definition) is 2. The maximum absolute atomic E-state index is 9.84. The summed E-state index contributed by atoms with van der Waals surface area (Å²) >= 11 is 0. The molecule has 2 aromatic rings. The molecular formula is C17H17NO2. The monoisotopic (exact) mass is 267 g/mol. The first-order valence-electron chi connectivity index (χ1n) is 6.92. The van der Waals surface area contributed by atoms with Gasteiger partial charge in [-0.3, -0.25) is 0 Å². The molecule has 2 aliphatic rings. The molecule has 1 fully saturated rings. The van der Waals surface area contributed by atoms with Crippen LogP contribution in [0, 0.1) is 0 Å². The van der Waals surface area contributed by atoms with Crippen molar-refractivity contribution in [2.45, 2.75) is 11.8 Å². The van der Waals surface area contributed by atoms with Crippen LogP contribution in [0.3, 0.4) is 0 Å². The van der Waals surface area contributed by atoms with Crippen LogP contribution < -0.4 is 0 Å². The minimum Gasteiger partial charge on any atom is -0.508 e. The van der Waals surface area contributed by atoms with E-state index in [0.29, 0.717) is 11.5 Å². The largest absolute Gasteiger partial charge is 0.508 e. The van der Waals surface area contributed by atoms with Gasteiger partial charge in [-0.15, -0.1) is 0 Å². The second-order valence-corrected chi connectivity index (χ2v) is 6.20. The Morgan fingerprint density at radius 1 is 0.950 bits per heavy atom. The summed E-state index contributed by atoms with van der Waals surface area (Å²) in [6.07, 6.45) is 0.928. The minimum absolute atomic E-state index is 0.0869. The van der Waals surface area contributed by atoms with E-state index in [-0.39, 0.29) is 5.41 Å². The third-order valence-corrected chi connectivity index (χ3v) is 4.63. The van der Waals surface area contributed by atoms with Gasteiger partial charge in [0.2, 0.25) is 0 Å². The fraction of sp³-hybridized carbons (Fsp3) is 0.294. The van der Waals surface area contributed by atoms with E-state index in [1.54, 1.807) is 12.1 Å². The molecular weight excluding hydrogens is 250 g/mol. The zero-order valence-corrected chi connectivity index (χ0v) is 11.4. The average Bonchev–Trinajstić information content (AvgIpc) is 2.37. The van der Waals surface area contributed by atoms with E-state index in [0.717, 1.165) is 19.5 Å². The number of nitrogens with zero attached hydrogens (tertiary/aromatic N) is 1. The number of likely N-dealkylation sites (N-methyl/N-ethyl adjacent to an activating group) is 1. The lowest BCUT2D eigenvalue weighted by Crippen LogP contribution is -2.59. The van der Waals surface area contributed by atoms with E-state index in [2.05, 4.69) is 11.9 Å². The lowest BCUT2D eigenvalue weighted by molar-refractivity contribution is 0.0921. The Hall–Kier alpha value is -2.00. The van der Waals surface area contributed by atoms with Gasteiger partial charge in [-0.25, -0.2) is 0 Å². The zero-order chi connectivity index (χ0) is 13.9. The topological polar surface area (TPSA) is 43.7 Å². The highest BCUT2D eigenvalue weighted by Crippen LogP contribution is 2.48. The number of aromatic hydroxyl groups is 2. The SMILES string of the molecule is CN1CC2(Cc3cc(O)ccc3-c3ccc(O)cc32)C1. The molecule has 3 heteroatoms. The van der Waals surface area contributed by atoms with E-state index >= 15 is 0 Å². The number of rotatable bonds is 0. The Morgan fingerprint density at radius 3 is 2.30 bits per heavy atom. The number of likely N-dealkylation sites (tertiary alicyclic amines) is 1. The Morgan fingerprint density at radius 2 is 1.60 bits per heavy atom. The predicted octanol–water partition coefficient (Wildman–Crippen LogP) is 2.50. The molecule has 3 nitrogen and oxygen atoms in total. The van der Waals surface area contributed by atoms with Crippen LogP contribution in [0.1, 0.15) is 11.1 Å². The molecule has 2 N–H and O–H groups in total. The van der Waals surface area contributed by atoms with Crippen molar-refractivity contribution in [1.29, 1.82) is 0 Å². The van der Waals surface area contributed by atoms with Crippen molar-refractivity contribution in [3.05, 3.63) is 47.5 Å². The second-order valence-electron chi connectivity index (χ2n) is 6.20. The summed E-state index contributed by atoms with van der Waals surface area (Å²) in [4.78, 5) is 2.29. The molecule has 0 bridgehead atoms. The fourth-order valence-electron chi connectivity index (χ4n) is 3.92. The van der Waals surface area contributed by atoms with Crippen molar-refractivity contribution < 1.29 is 10.2 Å². The van der Waals surface area contributed by atoms with Crippen LogP contribution in [0.25, 0.3) is 11.1 Å². The molecule has 102 valence electrons. The molecule has 0 amide bonds. The minimum atomic E-state index is 0.0869. The predicted molar refractivity (Wildman–Crippen MR) is 78.1 cm³/mol. The van der Waals surface area contributed by atoms with E-state index < -0.39 is 0 Å². The number of hydrogen-bond acceptors (Lipinski definition) is 3. The highest BCUT2D eigenvalue weighted by atomic mass is 16.3. The summed E-state index contributed by atoms with van der Waals surface area (Å²) in [7, 11) is 2.12. The molecule has 0 radical (unpaired) electrons. The number of fused-ring (bicyclic) bond motifs is 4. The van der Waals surface area contributed by atoms with E-state index in [9.17, 15) is 10.2 Å². The number of phenols is 2.